The molecule has 0 amide bonds. The first-order chi connectivity index (χ1) is 10.1. The van der Waals surface area contributed by atoms with Crippen LogP contribution in [-0.4, -0.2) is 23.6 Å². The molecule has 0 saturated carbocycles. The van der Waals surface area contributed by atoms with E-state index in [4.69, 9.17) is 4.74 Å². The van der Waals surface area contributed by atoms with Gasteiger partial charge < -0.3 is 15.4 Å². The summed E-state index contributed by atoms with van der Waals surface area (Å²) >= 11 is 0. The van der Waals surface area contributed by atoms with Crippen molar-refractivity contribution in [2.45, 2.75) is 27.4 Å². The van der Waals surface area contributed by atoms with E-state index in [0.717, 1.165) is 17.3 Å². The van der Waals surface area contributed by atoms with Crippen LogP contribution in [-0.2, 0) is 11.3 Å². The van der Waals surface area contributed by atoms with Crippen molar-refractivity contribution in [3.05, 3.63) is 41.2 Å². The van der Waals surface area contributed by atoms with E-state index in [2.05, 4.69) is 46.6 Å². The Morgan fingerprint density at radius 2 is 1.81 bits per heavy atom. The highest BCUT2D eigenvalue weighted by Crippen LogP contribution is 2.20. The average molecular weight is 286 g/mol. The van der Waals surface area contributed by atoms with Gasteiger partial charge in [0.1, 0.15) is 18.2 Å². The second-order valence-corrected chi connectivity index (χ2v) is 4.87. The first-order valence-corrected chi connectivity index (χ1v) is 7.10. The zero-order chi connectivity index (χ0) is 15.2. The lowest BCUT2D eigenvalue weighted by atomic mass is 10.1. The smallest absolute Gasteiger partial charge is 0.158 e. The minimum Gasteiger partial charge on any atom is -0.374 e. The van der Waals surface area contributed by atoms with Crippen LogP contribution in [0.5, 0.6) is 0 Å². The molecule has 5 nitrogen and oxygen atoms in total. The van der Waals surface area contributed by atoms with E-state index in [9.17, 15) is 0 Å². The Hall–Kier alpha value is -2.14. The number of aryl methyl sites for hydroxylation is 2. The van der Waals surface area contributed by atoms with Crippen molar-refractivity contribution in [2.24, 2.45) is 0 Å². The number of hydrogen-bond acceptors (Lipinski definition) is 5. The number of benzene rings is 1. The van der Waals surface area contributed by atoms with Crippen LogP contribution in [0.1, 0.15) is 23.9 Å². The summed E-state index contributed by atoms with van der Waals surface area (Å²) < 4.78 is 5.38. The quantitative estimate of drug-likeness (QED) is 0.852. The Bertz CT molecular complexity index is 613. The number of anilines is 3. The van der Waals surface area contributed by atoms with Crippen LogP contribution in [0, 0.1) is 13.8 Å². The molecule has 2 rings (SSSR count). The van der Waals surface area contributed by atoms with Crippen molar-refractivity contribution < 1.29 is 4.74 Å². The van der Waals surface area contributed by atoms with Gasteiger partial charge in [-0.15, -0.1) is 0 Å². The molecule has 5 heteroatoms. The van der Waals surface area contributed by atoms with Crippen molar-refractivity contribution >= 4 is 17.3 Å². The number of nitrogens with one attached hydrogen (secondary N) is 2. The summed E-state index contributed by atoms with van der Waals surface area (Å²) in [5, 5.41) is 6.36. The first-order valence-electron chi connectivity index (χ1n) is 7.10. The van der Waals surface area contributed by atoms with Gasteiger partial charge >= 0.3 is 0 Å². The minimum absolute atomic E-state index is 0.410. The lowest BCUT2D eigenvalue weighted by molar-refractivity contribution is 0.128. The molecule has 0 radical (unpaired) electrons. The van der Waals surface area contributed by atoms with Gasteiger partial charge in [-0.3, -0.25) is 0 Å². The van der Waals surface area contributed by atoms with Gasteiger partial charge in [-0.2, -0.15) is 0 Å². The van der Waals surface area contributed by atoms with Crippen molar-refractivity contribution in [3.63, 3.8) is 0 Å². The summed E-state index contributed by atoms with van der Waals surface area (Å²) in [6.45, 7) is 7.21. The Morgan fingerprint density at radius 1 is 1.05 bits per heavy atom. The third-order valence-corrected chi connectivity index (χ3v) is 3.24. The first kappa shape index (κ1) is 15.3. The normalized spacial score (nSPS) is 10.5. The molecular weight excluding hydrogens is 264 g/mol. The van der Waals surface area contributed by atoms with Crippen LogP contribution in [0.25, 0.3) is 0 Å². The van der Waals surface area contributed by atoms with E-state index in [1.54, 1.807) is 0 Å². The van der Waals surface area contributed by atoms with Crippen LogP contribution in [0.3, 0.4) is 0 Å². The number of ether oxygens (including phenoxy) is 1. The summed E-state index contributed by atoms with van der Waals surface area (Å²) in [4.78, 5) is 8.85. The number of aromatic nitrogens is 2. The molecule has 0 aliphatic rings. The van der Waals surface area contributed by atoms with Gasteiger partial charge in [0.25, 0.3) is 0 Å². The topological polar surface area (TPSA) is 59.1 Å². The summed E-state index contributed by atoms with van der Waals surface area (Å²) in [7, 11) is 1.84. The number of rotatable bonds is 6. The van der Waals surface area contributed by atoms with E-state index >= 15 is 0 Å². The molecule has 0 unspecified atom stereocenters. The fourth-order valence-electron chi connectivity index (χ4n) is 1.91. The van der Waals surface area contributed by atoms with Gasteiger partial charge in [-0.25, -0.2) is 9.97 Å². The molecule has 112 valence electrons. The number of nitrogens with zero attached hydrogens (tertiary/aromatic N) is 2. The SMILES string of the molecule is CCOCc1nc(NC)cc(Nc2ccc(C)c(C)c2)n1. The van der Waals surface area contributed by atoms with Crippen molar-refractivity contribution in [1.82, 2.24) is 9.97 Å². The highest BCUT2D eigenvalue weighted by Gasteiger charge is 2.05. The predicted molar refractivity (Wildman–Crippen MR) is 86.1 cm³/mol. The molecule has 0 aliphatic carbocycles. The van der Waals surface area contributed by atoms with Crippen LogP contribution in [0.15, 0.2) is 24.3 Å². The summed E-state index contributed by atoms with van der Waals surface area (Å²) in [5.74, 6) is 2.19. The number of hydrogen-bond donors (Lipinski definition) is 2. The van der Waals surface area contributed by atoms with Crippen molar-refractivity contribution in [1.29, 1.82) is 0 Å². The molecule has 1 aromatic carbocycles. The van der Waals surface area contributed by atoms with E-state index in [0.29, 0.717) is 19.0 Å². The lowest BCUT2D eigenvalue weighted by Crippen LogP contribution is -2.05. The van der Waals surface area contributed by atoms with E-state index in [1.807, 2.05) is 26.1 Å². The second kappa shape index (κ2) is 7.04. The Morgan fingerprint density at radius 3 is 2.48 bits per heavy atom. The van der Waals surface area contributed by atoms with Gasteiger partial charge in [0, 0.05) is 25.4 Å². The van der Waals surface area contributed by atoms with Gasteiger partial charge in [0.05, 0.1) is 0 Å². The fourth-order valence-corrected chi connectivity index (χ4v) is 1.91. The van der Waals surface area contributed by atoms with E-state index < -0.39 is 0 Å². The third kappa shape index (κ3) is 4.16. The molecule has 0 atom stereocenters. The molecule has 2 N–H and O–H groups in total. The maximum atomic E-state index is 5.38. The average Bonchev–Trinajstić information content (AvgIpc) is 2.48. The van der Waals surface area contributed by atoms with Crippen LogP contribution < -0.4 is 10.6 Å². The molecule has 0 saturated heterocycles. The maximum absolute atomic E-state index is 5.38. The van der Waals surface area contributed by atoms with Gasteiger partial charge in [-0.05, 0) is 44.0 Å². The molecule has 1 aromatic heterocycles. The zero-order valence-corrected chi connectivity index (χ0v) is 13.0. The highest BCUT2D eigenvalue weighted by molar-refractivity contribution is 5.60. The lowest BCUT2D eigenvalue weighted by Gasteiger charge is -2.11. The Labute approximate surface area is 125 Å². The third-order valence-electron chi connectivity index (χ3n) is 3.24. The van der Waals surface area contributed by atoms with Crippen molar-refractivity contribution in [3.8, 4) is 0 Å². The van der Waals surface area contributed by atoms with Crippen molar-refractivity contribution in [2.75, 3.05) is 24.3 Å². The zero-order valence-electron chi connectivity index (χ0n) is 13.0. The highest BCUT2D eigenvalue weighted by atomic mass is 16.5. The molecule has 0 bridgehead atoms. The van der Waals surface area contributed by atoms with E-state index in [1.165, 1.54) is 11.1 Å². The second-order valence-electron chi connectivity index (χ2n) is 4.87. The van der Waals surface area contributed by atoms with Gasteiger partial charge in [-0.1, -0.05) is 6.07 Å². The Kier molecular flexibility index (Phi) is 5.11. The summed E-state index contributed by atoms with van der Waals surface area (Å²) in [6, 6.07) is 8.13. The molecule has 21 heavy (non-hydrogen) atoms. The molecule has 1 heterocycles. The van der Waals surface area contributed by atoms with Crippen LogP contribution >= 0.6 is 0 Å². The van der Waals surface area contributed by atoms with E-state index in [-0.39, 0.29) is 0 Å². The Balaban J connectivity index is 2.23. The minimum atomic E-state index is 0.410. The van der Waals surface area contributed by atoms with Crippen LogP contribution in [0.4, 0.5) is 17.3 Å². The summed E-state index contributed by atoms with van der Waals surface area (Å²) in [6.07, 6.45) is 0. The molecule has 2 aromatic rings. The van der Waals surface area contributed by atoms with Crippen LogP contribution in [0.2, 0.25) is 0 Å². The monoisotopic (exact) mass is 286 g/mol. The molecule has 0 fully saturated rings. The summed E-state index contributed by atoms with van der Waals surface area (Å²) in [5.41, 5.74) is 3.54. The largest absolute Gasteiger partial charge is 0.374 e. The van der Waals surface area contributed by atoms with Gasteiger partial charge in [0.2, 0.25) is 0 Å². The predicted octanol–water partition coefficient (Wildman–Crippen LogP) is 3.42. The molecular formula is C16H22N4O. The molecule has 0 spiro atoms. The standard InChI is InChI=1S/C16H22N4O/c1-5-21-10-16-19-14(17-4)9-15(20-16)18-13-7-6-11(2)12(3)8-13/h6-9H,5,10H2,1-4H3,(H2,17,18,19,20). The molecule has 0 aliphatic heterocycles. The van der Waals surface area contributed by atoms with Gasteiger partial charge in [0.15, 0.2) is 5.82 Å². The maximum Gasteiger partial charge on any atom is 0.158 e. The fraction of sp³-hybridized carbons (Fsp3) is 0.375.